The quantitative estimate of drug-likeness (QED) is 0.0236. The van der Waals surface area contributed by atoms with Crippen LogP contribution in [0.4, 0.5) is 51.2 Å². The molecule has 12 N–H and O–H groups in total. The van der Waals surface area contributed by atoms with Crippen LogP contribution >= 0.6 is 0 Å². The number of aromatic nitrogens is 6. The number of amides is 3. The summed E-state index contributed by atoms with van der Waals surface area (Å²) < 4.78 is 3.79. The highest BCUT2D eigenvalue weighted by molar-refractivity contribution is 6.00. The maximum atomic E-state index is 13.8. The minimum Gasteiger partial charge on any atom is -0.505 e. The van der Waals surface area contributed by atoms with E-state index in [1.54, 1.807) is 103 Å². The van der Waals surface area contributed by atoms with E-state index in [9.17, 15) is 58.5 Å². The van der Waals surface area contributed by atoms with E-state index in [-0.39, 0.29) is 135 Å². The number of phenolic OH excluding ortho intramolecular Hbond substituents is 3. The fourth-order valence-electron chi connectivity index (χ4n) is 13.1. The average Bonchev–Trinajstić information content (AvgIpc) is 0.788. The van der Waals surface area contributed by atoms with Gasteiger partial charge in [-0.2, -0.15) is 0 Å². The van der Waals surface area contributed by atoms with E-state index in [1.165, 1.54) is 48.3 Å². The van der Waals surface area contributed by atoms with E-state index in [2.05, 4.69) is 47.2 Å². The third kappa shape index (κ3) is 19.9. The van der Waals surface area contributed by atoms with Crippen LogP contribution in [0.5, 0.6) is 17.2 Å². The maximum absolute atomic E-state index is 13.8. The molecule has 27 heteroatoms. The Kier molecular flexibility index (Phi) is 28.6. The number of hydrogen-bond acceptors (Lipinski definition) is 18. The molecular weight excluding hydrogens is 1440 g/mol. The van der Waals surface area contributed by atoms with Gasteiger partial charge in [0.15, 0.2) is 17.2 Å². The largest absolute Gasteiger partial charge is 0.505 e. The zero-order valence-corrected chi connectivity index (χ0v) is 64.0. The molecule has 1 fully saturated rings. The molecule has 1 saturated carbocycles. The molecule has 11 aromatic rings. The molecule has 3 atom stereocenters. The Morgan fingerprint density at radius 2 is 0.726 bits per heavy atom. The number of aromatic amines is 3. The van der Waals surface area contributed by atoms with Crippen molar-refractivity contribution in [2.75, 3.05) is 74.2 Å². The van der Waals surface area contributed by atoms with Crippen molar-refractivity contribution >= 4 is 68.9 Å². The first kappa shape index (κ1) is 83.4. The van der Waals surface area contributed by atoms with Gasteiger partial charge in [0.25, 0.3) is 51.1 Å². The predicted octanol–water partition coefficient (Wildman–Crippen LogP) is 13.9. The first-order valence-electron chi connectivity index (χ1n) is 37.0. The van der Waals surface area contributed by atoms with Gasteiger partial charge in [-0.25, -0.2) is 14.0 Å². The summed E-state index contributed by atoms with van der Waals surface area (Å²) in [5.74, 6) is -2.10. The number of benzene rings is 8. The summed E-state index contributed by atoms with van der Waals surface area (Å²) in [6.45, 7) is 6.09. The Bertz CT molecular complexity index is 5470. The van der Waals surface area contributed by atoms with Crippen LogP contribution in [0.3, 0.4) is 0 Å². The number of carbonyl (C=O) groups excluding carboxylic acids is 3. The number of anilines is 9. The summed E-state index contributed by atoms with van der Waals surface area (Å²) in [6, 6.07) is 60.0. The van der Waals surface area contributed by atoms with E-state index in [0.717, 1.165) is 59.0 Å². The standard InChI is InChI=1S/C29H31N5O4.C28H35N5O4.C28H29N5O4.CH4/c1-4-22(20-14-9-6-10-15-20)30-24-25(31-23-17-11-16-21(26(23)35)28(37)33(2)3)29(38)34(32-27(24)36)18-19-12-7-5-8-13-19;2*1-4-21(18-12-7-5-8-13-18)29-23-24(28(37)33(31-26(23)35)19-14-9-6-10-15-19)30-22-17-11-16-20(25(22)34)27(36)32(2)3;/h5-17,22,30-31,35H,4,18H2,1-3H3,(H,32,36);5,7-8,11-13,16-17,19,21,29-30,34H,4,6,9-10,14-15H2,1-3H3,(H,31,35);5-17,21,29-30,34H,4H2,1-3H3,(H,31,35);1H4/t22-;2*21-;/m111./s1. The molecule has 0 aliphatic heterocycles. The Hall–Kier alpha value is -13.6. The van der Waals surface area contributed by atoms with E-state index in [4.69, 9.17) is 0 Å². The molecule has 0 unspecified atom stereocenters. The Morgan fingerprint density at radius 3 is 1.09 bits per heavy atom. The molecule has 1 aliphatic rings. The molecule has 0 spiro atoms. The van der Waals surface area contributed by atoms with Crippen molar-refractivity contribution in [2.45, 2.75) is 110 Å². The normalized spacial score (nSPS) is 12.5. The molecule has 3 aromatic heterocycles. The smallest absolute Gasteiger partial charge is 0.295 e. The van der Waals surface area contributed by atoms with Crippen LogP contribution in [-0.4, -0.2) is 119 Å². The van der Waals surface area contributed by atoms with Gasteiger partial charge in [0.1, 0.15) is 34.1 Å². The molecule has 113 heavy (non-hydrogen) atoms. The van der Waals surface area contributed by atoms with Crippen LogP contribution in [0.25, 0.3) is 5.69 Å². The third-order valence-electron chi connectivity index (χ3n) is 19.1. The molecular formula is C86H99N15O12. The van der Waals surface area contributed by atoms with Gasteiger partial charge >= 0.3 is 0 Å². The number of para-hydroxylation sites is 4. The molecule has 0 bridgehead atoms. The van der Waals surface area contributed by atoms with Crippen LogP contribution in [-0.2, 0) is 6.54 Å². The number of aromatic hydroxyl groups is 3. The fraction of sp³-hybridized carbons (Fsp3) is 0.267. The number of rotatable bonds is 25. The summed E-state index contributed by atoms with van der Waals surface area (Å²) in [6.07, 6.45) is 6.66. The molecule has 0 radical (unpaired) electrons. The van der Waals surface area contributed by atoms with Crippen LogP contribution in [0.15, 0.2) is 235 Å². The molecule has 3 amide bonds. The minimum absolute atomic E-state index is 0. The number of nitrogens with one attached hydrogen (secondary N) is 9. The summed E-state index contributed by atoms with van der Waals surface area (Å²) in [5.41, 5.74) is 2.02. The fourth-order valence-corrected chi connectivity index (χ4v) is 13.1. The molecule has 12 rings (SSSR count). The number of hydrogen-bond donors (Lipinski definition) is 12. The van der Waals surface area contributed by atoms with Gasteiger partial charge in [0.05, 0.1) is 70.2 Å². The molecule has 590 valence electrons. The Balaban J connectivity index is 0.000000194. The predicted molar refractivity (Wildman–Crippen MR) is 447 cm³/mol. The summed E-state index contributed by atoms with van der Waals surface area (Å²) in [5, 5.41) is 59.5. The van der Waals surface area contributed by atoms with E-state index < -0.39 is 39.6 Å². The Morgan fingerprint density at radius 1 is 0.398 bits per heavy atom. The maximum Gasteiger partial charge on any atom is 0.295 e. The van der Waals surface area contributed by atoms with Crippen molar-refractivity contribution in [3.63, 3.8) is 0 Å². The van der Waals surface area contributed by atoms with E-state index >= 15 is 0 Å². The van der Waals surface area contributed by atoms with Gasteiger partial charge < -0.3 is 61.9 Å². The van der Waals surface area contributed by atoms with Crippen LogP contribution in [0.2, 0.25) is 0 Å². The van der Waals surface area contributed by atoms with E-state index in [0.29, 0.717) is 24.9 Å². The van der Waals surface area contributed by atoms with Crippen LogP contribution < -0.4 is 65.3 Å². The number of nitrogens with zero attached hydrogens (tertiary/aromatic N) is 6. The van der Waals surface area contributed by atoms with Gasteiger partial charge in [-0.3, -0.25) is 58.4 Å². The molecule has 0 saturated heterocycles. The number of carbonyl (C=O) groups is 3. The van der Waals surface area contributed by atoms with Crippen molar-refractivity contribution in [3.8, 4) is 22.9 Å². The Labute approximate surface area is 654 Å². The summed E-state index contributed by atoms with van der Waals surface area (Å²) in [7, 11) is 9.51. The highest BCUT2D eigenvalue weighted by Gasteiger charge is 2.29. The average molecular weight is 1530 g/mol. The van der Waals surface area contributed by atoms with Gasteiger partial charge in [0.2, 0.25) is 0 Å². The van der Waals surface area contributed by atoms with Crippen molar-refractivity contribution in [1.29, 1.82) is 0 Å². The monoisotopic (exact) mass is 1530 g/mol. The van der Waals surface area contributed by atoms with Crippen molar-refractivity contribution in [3.05, 3.63) is 307 Å². The molecule has 8 aromatic carbocycles. The zero-order valence-electron chi connectivity index (χ0n) is 64.0. The van der Waals surface area contributed by atoms with Crippen LogP contribution in [0, 0.1) is 0 Å². The highest BCUT2D eigenvalue weighted by Crippen LogP contribution is 2.37. The first-order chi connectivity index (χ1) is 53.9. The lowest BCUT2D eigenvalue weighted by atomic mass is 9.95. The van der Waals surface area contributed by atoms with E-state index in [1.807, 2.05) is 142 Å². The molecule has 27 nitrogen and oxygen atoms in total. The zero-order chi connectivity index (χ0) is 80.3. The second-order valence-electron chi connectivity index (χ2n) is 27.5. The lowest BCUT2D eigenvalue weighted by molar-refractivity contribution is 0.0817. The van der Waals surface area contributed by atoms with Crippen molar-refractivity contribution in [1.82, 2.24) is 44.0 Å². The second-order valence-corrected chi connectivity index (χ2v) is 27.5. The van der Waals surface area contributed by atoms with Gasteiger partial charge in [-0.1, -0.05) is 205 Å². The third-order valence-corrected chi connectivity index (χ3v) is 19.1. The SMILES string of the molecule is C.CC[C@@H](Nc1c(Nc2cccc(C(=O)N(C)C)c2O)c(=O)n(-c2ccccc2)[nH]c1=O)c1ccccc1.CC[C@@H](Nc1c(Nc2cccc(C(=O)N(C)C)c2O)c(=O)n(C2CCCCC2)[nH]c1=O)c1ccccc1.CC[C@@H](Nc1c(Nc2cccc(C(=O)N(C)C)c2O)c(=O)n(Cc2ccccc2)[nH]c1=O)c1ccccc1. The van der Waals surface area contributed by atoms with Crippen molar-refractivity contribution < 1.29 is 29.7 Å². The van der Waals surface area contributed by atoms with Gasteiger partial charge in [0, 0.05) is 42.3 Å². The van der Waals surface area contributed by atoms with Crippen LogP contribution in [0.1, 0.15) is 157 Å². The first-order valence-corrected chi connectivity index (χ1v) is 37.0. The topological polar surface area (TPSA) is 358 Å². The lowest BCUT2D eigenvalue weighted by Gasteiger charge is -2.26. The lowest BCUT2D eigenvalue weighted by Crippen LogP contribution is -2.37. The number of H-pyrrole nitrogens is 3. The summed E-state index contributed by atoms with van der Waals surface area (Å²) in [4.78, 5) is 123. The minimum atomic E-state index is -0.542. The number of phenols is 3. The molecule has 1 aliphatic carbocycles. The summed E-state index contributed by atoms with van der Waals surface area (Å²) >= 11 is 0. The van der Waals surface area contributed by atoms with Gasteiger partial charge in [-0.05, 0) is 103 Å². The highest BCUT2D eigenvalue weighted by atomic mass is 16.3. The van der Waals surface area contributed by atoms with Crippen molar-refractivity contribution in [2.24, 2.45) is 0 Å². The molecule has 3 heterocycles. The van der Waals surface area contributed by atoms with Gasteiger partial charge in [-0.15, -0.1) is 0 Å². The second kappa shape index (κ2) is 38.7.